The second-order valence-electron chi connectivity index (χ2n) is 8.04. The normalized spacial score (nSPS) is 32.2. The SMILES string of the molecule is CCCC(C)C1CC(N)CCCCCC1C(C)(C)C. The van der Waals surface area contributed by atoms with Gasteiger partial charge in [0, 0.05) is 6.04 Å². The molecular weight excluding hydrogens is 230 g/mol. The lowest BCUT2D eigenvalue weighted by atomic mass is 9.65. The zero-order valence-electron chi connectivity index (χ0n) is 14.0. The minimum Gasteiger partial charge on any atom is -0.328 e. The van der Waals surface area contributed by atoms with Gasteiger partial charge < -0.3 is 5.73 Å². The molecule has 1 aliphatic rings. The molecule has 19 heavy (non-hydrogen) atoms. The smallest absolute Gasteiger partial charge is 0.00416 e. The highest BCUT2D eigenvalue weighted by Crippen LogP contribution is 2.43. The molecule has 1 aliphatic carbocycles. The molecule has 1 rings (SSSR count). The fourth-order valence-corrected chi connectivity index (χ4v) is 4.17. The van der Waals surface area contributed by atoms with Crippen molar-refractivity contribution < 1.29 is 0 Å². The molecule has 0 saturated heterocycles. The van der Waals surface area contributed by atoms with Crippen LogP contribution in [0.2, 0.25) is 0 Å². The summed E-state index contributed by atoms with van der Waals surface area (Å²) >= 11 is 0. The van der Waals surface area contributed by atoms with Crippen molar-refractivity contribution in [1.82, 2.24) is 0 Å². The van der Waals surface area contributed by atoms with Gasteiger partial charge in [-0.05, 0) is 42.4 Å². The standard InChI is InChI=1S/C18H37N/c1-6-10-14(2)16-13-15(19)11-8-7-9-12-17(16)18(3,4)5/h14-17H,6-13,19H2,1-5H3. The van der Waals surface area contributed by atoms with E-state index in [0.717, 1.165) is 17.8 Å². The van der Waals surface area contributed by atoms with Crippen LogP contribution in [0.5, 0.6) is 0 Å². The van der Waals surface area contributed by atoms with Gasteiger partial charge in [-0.3, -0.25) is 0 Å². The zero-order chi connectivity index (χ0) is 14.5. The minimum absolute atomic E-state index is 0.427. The van der Waals surface area contributed by atoms with Crippen LogP contribution >= 0.6 is 0 Å². The molecule has 0 aromatic carbocycles. The van der Waals surface area contributed by atoms with Crippen LogP contribution in [0, 0.1) is 23.2 Å². The van der Waals surface area contributed by atoms with E-state index in [-0.39, 0.29) is 0 Å². The Labute approximate surface area is 121 Å². The largest absolute Gasteiger partial charge is 0.328 e. The topological polar surface area (TPSA) is 26.0 Å². The predicted octanol–water partition coefficient (Wildman–Crippen LogP) is 5.38. The molecule has 0 aromatic heterocycles. The van der Waals surface area contributed by atoms with Crippen molar-refractivity contribution in [2.45, 2.75) is 92.0 Å². The van der Waals surface area contributed by atoms with Gasteiger partial charge in [0.05, 0.1) is 0 Å². The molecule has 0 bridgehead atoms. The molecular formula is C18H37N. The van der Waals surface area contributed by atoms with Gasteiger partial charge in [0.15, 0.2) is 0 Å². The number of hydrogen-bond acceptors (Lipinski definition) is 1. The quantitative estimate of drug-likeness (QED) is 0.729. The first-order chi connectivity index (χ1) is 8.86. The van der Waals surface area contributed by atoms with Crippen molar-refractivity contribution in [2.75, 3.05) is 0 Å². The van der Waals surface area contributed by atoms with Crippen molar-refractivity contribution >= 4 is 0 Å². The van der Waals surface area contributed by atoms with E-state index in [2.05, 4.69) is 34.6 Å². The molecule has 1 saturated carbocycles. The van der Waals surface area contributed by atoms with E-state index in [4.69, 9.17) is 5.73 Å². The molecule has 4 atom stereocenters. The molecule has 0 spiro atoms. The Morgan fingerprint density at radius 2 is 1.74 bits per heavy atom. The average molecular weight is 268 g/mol. The summed E-state index contributed by atoms with van der Waals surface area (Å²) in [5, 5.41) is 0. The van der Waals surface area contributed by atoms with Crippen LogP contribution in [-0.4, -0.2) is 6.04 Å². The van der Waals surface area contributed by atoms with Gasteiger partial charge in [0.2, 0.25) is 0 Å². The van der Waals surface area contributed by atoms with E-state index in [1.807, 2.05) is 0 Å². The number of rotatable bonds is 3. The van der Waals surface area contributed by atoms with E-state index in [0.29, 0.717) is 11.5 Å². The monoisotopic (exact) mass is 267 g/mol. The van der Waals surface area contributed by atoms with E-state index in [9.17, 15) is 0 Å². The second kappa shape index (κ2) is 7.67. The third-order valence-electron chi connectivity index (χ3n) is 5.27. The summed E-state index contributed by atoms with van der Waals surface area (Å²) in [6.45, 7) is 12.1. The Balaban J connectivity index is 2.88. The van der Waals surface area contributed by atoms with E-state index < -0.39 is 0 Å². The molecule has 1 fully saturated rings. The fraction of sp³-hybridized carbons (Fsp3) is 1.00. The van der Waals surface area contributed by atoms with Crippen LogP contribution in [0.25, 0.3) is 0 Å². The first-order valence-electron chi connectivity index (χ1n) is 8.61. The lowest BCUT2D eigenvalue weighted by Gasteiger charge is -2.41. The first-order valence-corrected chi connectivity index (χ1v) is 8.61. The Hall–Kier alpha value is -0.0400. The van der Waals surface area contributed by atoms with Crippen molar-refractivity contribution in [3.63, 3.8) is 0 Å². The third-order valence-corrected chi connectivity index (χ3v) is 5.27. The van der Waals surface area contributed by atoms with E-state index in [1.165, 1.54) is 51.4 Å². The molecule has 114 valence electrons. The summed E-state index contributed by atoms with van der Waals surface area (Å²) in [5.74, 6) is 2.50. The Bertz CT molecular complexity index is 241. The van der Waals surface area contributed by atoms with Gasteiger partial charge in [0.25, 0.3) is 0 Å². The average Bonchev–Trinajstić information content (AvgIpc) is 2.38. The van der Waals surface area contributed by atoms with Crippen LogP contribution in [0.15, 0.2) is 0 Å². The summed E-state index contributed by atoms with van der Waals surface area (Å²) in [7, 11) is 0. The summed E-state index contributed by atoms with van der Waals surface area (Å²) in [4.78, 5) is 0. The van der Waals surface area contributed by atoms with Gasteiger partial charge in [-0.1, -0.05) is 66.7 Å². The lowest BCUT2D eigenvalue weighted by molar-refractivity contribution is 0.0900. The predicted molar refractivity (Wildman–Crippen MR) is 86.2 cm³/mol. The highest BCUT2D eigenvalue weighted by molar-refractivity contribution is 4.86. The third kappa shape index (κ3) is 5.45. The number of nitrogens with two attached hydrogens (primary N) is 1. The molecule has 0 amide bonds. The molecule has 2 N–H and O–H groups in total. The molecule has 0 radical (unpaired) electrons. The highest BCUT2D eigenvalue weighted by atomic mass is 14.6. The maximum Gasteiger partial charge on any atom is 0.00416 e. The summed E-state index contributed by atoms with van der Waals surface area (Å²) in [5.41, 5.74) is 6.83. The van der Waals surface area contributed by atoms with Crippen LogP contribution < -0.4 is 5.73 Å². The fourth-order valence-electron chi connectivity index (χ4n) is 4.17. The van der Waals surface area contributed by atoms with Crippen LogP contribution in [0.1, 0.15) is 86.0 Å². The van der Waals surface area contributed by atoms with Crippen molar-refractivity contribution in [3.8, 4) is 0 Å². The maximum atomic E-state index is 6.40. The molecule has 4 unspecified atom stereocenters. The van der Waals surface area contributed by atoms with Gasteiger partial charge in [0.1, 0.15) is 0 Å². The van der Waals surface area contributed by atoms with Gasteiger partial charge in [-0.25, -0.2) is 0 Å². The Morgan fingerprint density at radius 3 is 2.32 bits per heavy atom. The van der Waals surface area contributed by atoms with E-state index in [1.54, 1.807) is 0 Å². The Kier molecular flexibility index (Phi) is 6.86. The zero-order valence-corrected chi connectivity index (χ0v) is 14.0. The Morgan fingerprint density at radius 1 is 1.11 bits per heavy atom. The lowest BCUT2D eigenvalue weighted by Crippen LogP contribution is -2.36. The van der Waals surface area contributed by atoms with Crippen molar-refractivity contribution in [3.05, 3.63) is 0 Å². The summed E-state index contributed by atoms with van der Waals surface area (Å²) in [6, 6.07) is 0.437. The molecule has 1 heteroatoms. The van der Waals surface area contributed by atoms with Crippen LogP contribution in [0.4, 0.5) is 0 Å². The maximum absolute atomic E-state index is 6.40. The van der Waals surface area contributed by atoms with Crippen LogP contribution in [0.3, 0.4) is 0 Å². The van der Waals surface area contributed by atoms with Gasteiger partial charge in [-0.15, -0.1) is 0 Å². The second-order valence-corrected chi connectivity index (χ2v) is 8.04. The first kappa shape index (κ1) is 17.0. The molecule has 0 aliphatic heterocycles. The molecule has 1 nitrogen and oxygen atoms in total. The summed E-state index contributed by atoms with van der Waals surface area (Å²) < 4.78 is 0. The van der Waals surface area contributed by atoms with Crippen LogP contribution in [-0.2, 0) is 0 Å². The molecule has 0 aromatic rings. The highest BCUT2D eigenvalue weighted by Gasteiger charge is 2.35. The number of hydrogen-bond donors (Lipinski definition) is 1. The van der Waals surface area contributed by atoms with Crippen molar-refractivity contribution in [2.24, 2.45) is 28.9 Å². The molecule has 0 heterocycles. The van der Waals surface area contributed by atoms with Gasteiger partial charge >= 0.3 is 0 Å². The van der Waals surface area contributed by atoms with E-state index >= 15 is 0 Å². The van der Waals surface area contributed by atoms with Crippen molar-refractivity contribution in [1.29, 1.82) is 0 Å². The summed E-state index contributed by atoms with van der Waals surface area (Å²) in [6.07, 6.45) is 10.7. The van der Waals surface area contributed by atoms with Gasteiger partial charge in [-0.2, -0.15) is 0 Å². The minimum atomic E-state index is 0.427.